The minimum absolute atomic E-state index is 0.109. The fourth-order valence-electron chi connectivity index (χ4n) is 3.37. The van der Waals surface area contributed by atoms with Crippen molar-refractivity contribution in [3.63, 3.8) is 0 Å². The molecule has 4 rings (SSSR count). The molecule has 1 amide bonds. The zero-order chi connectivity index (χ0) is 21.3. The maximum atomic E-state index is 13.0. The third-order valence-corrected chi connectivity index (χ3v) is 6.71. The standard InChI is InChI=1S/C22H21N3O3S2/c1-15-9-11-16(12-10-15)21(19-8-5-13-29-19)24-20(26)14-25-18-7-4-3-6-17(18)23-22(25)30(2,27)28/h3-13,21H,14H2,1-2H3,(H,24,26). The van der Waals surface area contributed by atoms with Crippen LogP contribution in [0.5, 0.6) is 0 Å². The third kappa shape index (κ3) is 4.15. The van der Waals surface area contributed by atoms with Crippen LogP contribution in [0.25, 0.3) is 11.0 Å². The van der Waals surface area contributed by atoms with E-state index < -0.39 is 9.84 Å². The lowest BCUT2D eigenvalue weighted by Gasteiger charge is -2.19. The SMILES string of the molecule is Cc1ccc(C(NC(=O)Cn2c(S(C)(=O)=O)nc3ccccc32)c2cccs2)cc1. The molecule has 0 aliphatic rings. The number of fused-ring (bicyclic) bond motifs is 1. The van der Waals surface area contributed by atoms with Crippen molar-refractivity contribution < 1.29 is 13.2 Å². The molecule has 2 aromatic carbocycles. The first-order valence-electron chi connectivity index (χ1n) is 9.37. The Kier molecular flexibility index (Phi) is 5.44. The number of benzene rings is 2. The Morgan fingerprint density at radius 2 is 1.83 bits per heavy atom. The Morgan fingerprint density at radius 1 is 1.10 bits per heavy atom. The lowest BCUT2D eigenvalue weighted by Crippen LogP contribution is -2.32. The predicted octanol–water partition coefficient (Wildman–Crippen LogP) is 3.72. The molecule has 0 bridgehead atoms. The van der Waals surface area contributed by atoms with Gasteiger partial charge in [-0.3, -0.25) is 4.79 Å². The second-order valence-corrected chi connectivity index (χ2v) is 10.1. The summed E-state index contributed by atoms with van der Waals surface area (Å²) >= 11 is 1.56. The monoisotopic (exact) mass is 439 g/mol. The Morgan fingerprint density at radius 3 is 2.50 bits per heavy atom. The highest BCUT2D eigenvalue weighted by Crippen LogP contribution is 2.27. The lowest BCUT2D eigenvalue weighted by atomic mass is 10.0. The van der Waals surface area contributed by atoms with Gasteiger partial charge < -0.3 is 9.88 Å². The molecule has 1 N–H and O–H groups in total. The van der Waals surface area contributed by atoms with E-state index in [2.05, 4.69) is 10.3 Å². The van der Waals surface area contributed by atoms with Gasteiger partial charge in [0.15, 0.2) is 0 Å². The van der Waals surface area contributed by atoms with Crippen LogP contribution in [0, 0.1) is 6.92 Å². The van der Waals surface area contributed by atoms with Crippen molar-refractivity contribution >= 4 is 38.1 Å². The second kappa shape index (κ2) is 8.04. The van der Waals surface area contributed by atoms with Crippen LogP contribution >= 0.6 is 11.3 Å². The molecule has 154 valence electrons. The normalized spacial score (nSPS) is 12.7. The summed E-state index contributed by atoms with van der Waals surface area (Å²) in [5.41, 5.74) is 3.25. The van der Waals surface area contributed by atoms with Crippen LogP contribution in [-0.4, -0.2) is 30.1 Å². The fraction of sp³-hybridized carbons (Fsp3) is 0.182. The van der Waals surface area contributed by atoms with Gasteiger partial charge in [-0.25, -0.2) is 13.4 Å². The van der Waals surface area contributed by atoms with Gasteiger partial charge in [0.1, 0.15) is 6.54 Å². The van der Waals surface area contributed by atoms with E-state index >= 15 is 0 Å². The number of hydrogen-bond acceptors (Lipinski definition) is 5. The van der Waals surface area contributed by atoms with Crippen LogP contribution < -0.4 is 5.32 Å². The summed E-state index contributed by atoms with van der Waals surface area (Å²) in [4.78, 5) is 18.3. The number of nitrogens with zero attached hydrogens (tertiary/aromatic N) is 2. The number of carbonyl (C=O) groups excluding carboxylic acids is 1. The summed E-state index contributed by atoms with van der Waals surface area (Å²) < 4.78 is 26.0. The molecule has 0 saturated heterocycles. The number of nitrogens with one attached hydrogen (secondary N) is 1. The molecule has 0 saturated carbocycles. The third-order valence-electron chi connectivity index (χ3n) is 4.80. The van der Waals surface area contributed by atoms with Gasteiger partial charge in [0.2, 0.25) is 20.9 Å². The van der Waals surface area contributed by atoms with Gasteiger partial charge >= 0.3 is 0 Å². The molecular formula is C22H21N3O3S2. The van der Waals surface area contributed by atoms with E-state index in [0.29, 0.717) is 11.0 Å². The number of imidazole rings is 1. The number of carbonyl (C=O) groups is 1. The van der Waals surface area contributed by atoms with Gasteiger partial charge in [-0.15, -0.1) is 11.3 Å². The topological polar surface area (TPSA) is 81.1 Å². The van der Waals surface area contributed by atoms with Crippen molar-refractivity contribution in [2.45, 2.75) is 24.7 Å². The van der Waals surface area contributed by atoms with Crippen molar-refractivity contribution in [2.75, 3.05) is 6.26 Å². The molecule has 8 heteroatoms. The van der Waals surface area contributed by atoms with Gasteiger partial charge in [-0.2, -0.15) is 0 Å². The Balaban J connectivity index is 1.67. The number of amides is 1. The largest absolute Gasteiger partial charge is 0.343 e. The molecule has 4 aromatic rings. The fourth-order valence-corrected chi connectivity index (χ4v) is 5.00. The number of thiophene rings is 1. The zero-order valence-corrected chi connectivity index (χ0v) is 18.2. The van der Waals surface area contributed by atoms with E-state index in [1.807, 2.05) is 48.7 Å². The van der Waals surface area contributed by atoms with Crippen molar-refractivity contribution in [3.05, 3.63) is 82.0 Å². The van der Waals surface area contributed by atoms with E-state index in [1.165, 1.54) is 4.57 Å². The van der Waals surface area contributed by atoms with Crippen molar-refractivity contribution in [2.24, 2.45) is 0 Å². The molecule has 2 heterocycles. The van der Waals surface area contributed by atoms with Crippen LogP contribution in [0.15, 0.2) is 71.2 Å². The van der Waals surface area contributed by atoms with E-state index in [1.54, 1.807) is 35.6 Å². The number of hydrogen-bond donors (Lipinski definition) is 1. The summed E-state index contributed by atoms with van der Waals surface area (Å²) in [6.07, 6.45) is 1.10. The number of para-hydroxylation sites is 2. The van der Waals surface area contributed by atoms with E-state index in [0.717, 1.165) is 22.3 Å². The molecule has 0 radical (unpaired) electrons. The van der Waals surface area contributed by atoms with Crippen LogP contribution in [0.4, 0.5) is 0 Å². The zero-order valence-electron chi connectivity index (χ0n) is 16.6. The van der Waals surface area contributed by atoms with Crippen LogP contribution in [0.1, 0.15) is 22.0 Å². The number of sulfone groups is 1. The molecular weight excluding hydrogens is 418 g/mol. The highest BCUT2D eigenvalue weighted by atomic mass is 32.2. The lowest BCUT2D eigenvalue weighted by molar-refractivity contribution is -0.122. The van der Waals surface area contributed by atoms with Gasteiger partial charge in [0.05, 0.1) is 17.1 Å². The van der Waals surface area contributed by atoms with E-state index in [-0.39, 0.29) is 23.7 Å². The van der Waals surface area contributed by atoms with Crippen molar-refractivity contribution in [3.8, 4) is 0 Å². The Bertz CT molecular complexity index is 1290. The molecule has 0 fully saturated rings. The molecule has 30 heavy (non-hydrogen) atoms. The summed E-state index contributed by atoms with van der Waals surface area (Å²) in [6, 6.07) is 18.7. The number of aromatic nitrogens is 2. The molecule has 6 nitrogen and oxygen atoms in total. The molecule has 2 aromatic heterocycles. The van der Waals surface area contributed by atoms with Crippen LogP contribution in [0.2, 0.25) is 0 Å². The van der Waals surface area contributed by atoms with Crippen molar-refractivity contribution in [1.82, 2.24) is 14.9 Å². The van der Waals surface area contributed by atoms with Gasteiger partial charge in [-0.05, 0) is 36.1 Å². The van der Waals surface area contributed by atoms with Gasteiger partial charge in [0, 0.05) is 11.1 Å². The van der Waals surface area contributed by atoms with E-state index in [9.17, 15) is 13.2 Å². The minimum atomic E-state index is -3.60. The molecule has 0 spiro atoms. The van der Waals surface area contributed by atoms with Crippen molar-refractivity contribution in [1.29, 1.82) is 0 Å². The molecule has 0 aliphatic carbocycles. The smallest absolute Gasteiger partial charge is 0.240 e. The molecule has 1 atom stereocenters. The van der Waals surface area contributed by atoms with Crippen LogP contribution in [0.3, 0.4) is 0 Å². The first-order valence-corrected chi connectivity index (χ1v) is 12.1. The summed E-state index contributed by atoms with van der Waals surface area (Å²) in [5.74, 6) is -0.290. The summed E-state index contributed by atoms with van der Waals surface area (Å²) in [7, 11) is -3.60. The number of rotatable bonds is 6. The molecule has 1 unspecified atom stereocenters. The predicted molar refractivity (Wildman–Crippen MR) is 118 cm³/mol. The first-order chi connectivity index (χ1) is 14.3. The number of aryl methyl sites for hydroxylation is 1. The summed E-state index contributed by atoms with van der Waals surface area (Å²) in [5, 5.41) is 4.92. The Hall–Kier alpha value is -2.97. The minimum Gasteiger partial charge on any atom is -0.343 e. The summed E-state index contributed by atoms with van der Waals surface area (Å²) in [6.45, 7) is 1.87. The highest BCUT2D eigenvalue weighted by molar-refractivity contribution is 7.90. The first kappa shape index (κ1) is 20.3. The van der Waals surface area contributed by atoms with Gasteiger partial charge in [-0.1, -0.05) is 48.0 Å². The second-order valence-electron chi connectivity index (χ2n) is 7.17. The average molecular weight is 440 g/mol. The maximum Gasteiger partial charge on any atom is 0.240 e. The maximum absolute atomic E-state index is 13.0. The average Bonchev–Trinajstić information content (AvgIpc) is 3.35. The highest BCUT2D eigenvalue weighted by Gasteiger charge is 2.23. The molecule has 0 aliphatic heterocycles. The quantitative estimate of drug-likeness (QED) is 0.497. The van der Waals surface area contributed by atoms with Crippen LogP contribution in [-0.2, 0) is 21.2 Å². The van der Waals surface area contributed by atoms with E-state index in [4.69, 9.17) is 0 Å². The Labute approximate surface area is 179 Å². The van der Waals surface area contributed by atoms with Gasteiger partial charge in [0.25, 0.3) is 0 Å².